The molecule has 0 N–H and O–H groups in total. The Morgan fingerprint density at radius 1 is 1.20 bits per heavy atom. The number of rotatable bonds is 5. The molecule has 0 saturated heterocycles. The fourth-order valence-corrected chi connectivity index (χ4v) is 2.64. The summed E-state index contributed by atoms with van der Waals surface area (Å²) < 4.78 is 45.9. The van der Waals surface area contributed by atoms with E-state index in [1.165, 1.54) is 23.8 Å². The van der Waals surface area contributed by atoms with Gasteiger partial charge in [-0.05, 0) is 56.5 Å². The molecule has 0 amide bonds. The molecule has 0 bridgehead atoms. The summed E-state index contributed by atoms with van der Waals surface area (Å²) in [6.45, 7) is 0.461. The van der Waals surface area contributed by atoms with E-state index in [2.05, 4.69) is 20.7 Å². The van der Waals surface area contributed by atoms with E-state index >= 15 is 0 Å². The van der Waals surface area contributed by atoms with Gasteiger partial charge in [0.1, 0.15) is 11.5 Å². The highest BCUT2D eigenvalue weighted by Crippen LogP contribution is 2.33. The van der Waals surface area contributed by atoms with Crippen LogP contribution in [0.3, 0.4) is 0 Å². The highest BCUT2D eigenvalue weighted by molar-refractivity contribution is 9.10. The second-order valence-corrected chi connectivity index (χ2v) is 5.50. The molecule has 0 aliphatic rings. The monoisotopic (exact) mass is 366 g/mol. The molecule has 0 spiro atoms. The van der Waals surface area contributed by atoms with Crippen LogP contribution in [0, 0.1) is 0 Å². The molecule has 1 aromatic heterocycles. The lowest BCUT2D eigenvalue weighted by Crippen LogP contribution is -2.17. The molecule has 2 rings (SSSR count). The van der Waals surface area contributed by atoms with Gasteiger partial charge in [-0.3, -0.25) is 0 Å². The Bertz CT molecular complexity index is 555. The van der Waals surface area contributed by atoms with E-state index in [9.17, 15) is 13.2 Å². The normalized spacial score (nSPS) is 11.4. The molecule has 0 aliphatic heterocycles. The van der Waals surface area contributed by atoms with Crippen molar-refractivity contribution in [2.45, 2.75) is 12.8 Å². The molecular weight excluding hydrogens is 357 g/mol. The minimum atomic E-state index is -4.70. The van der Waals surface area contributed by atoms with E-state index in [-0.39, 0.29) is 10.2 Å². The molecule has 2 nitrogen and oxygen atoms in total. The first kappa shape index (κ1) is 15.2. The third-order valence-electron chi connectivity index (χ3n) is 2.37. The lowest BCUT2D eigenvalue weighted by Gasteiger charge is -2.12. The molecular formula is C13H10BrF3O2S. The molecule has 108 valence electrons. The van der Waals surface area contributed by atoms with Crippen LogP contribution in [0.1, 0.15) is 5.56 Å². The van der Waals surface area contributed by atoms with Crippen molar-refractivity contribution < 1.29 is 22.6 Å². The van der Waals surface area contributed by atoms with E-state index in [0.29, 0.717) is 12.4 Å². The summed E-state index contributed by atoms with van der Waals surface area (Å²) in [6.07, 6.45) is -3.95. The zero-order chi connectivity index (χ0) is 14.6. The Morgan fingerprint density at radius 3 is 2.60 bits per heavy atom. The fourth-order valence-electron chi connectivity index (χ4n) is 1.50. The summed E-state index contributed by atoms with van der Waals surface area (Å²) in [4.78, 5) is 0. The molecule has 0 unspecified atom stereocenters. The van der Waals surface area contributed by atoms with E-state index in [4.69, 9.17) is 4.74 Å². The maximum absolute atomic E-state index is 12.1. The lowest BCUT2D eigenvalue weighted by atomic mass is 10.2. The molecule has 0 saturated carbocycles. The molecule has 0 fully saturated rings. The van der Waals surface area contributed by atoms with Crippen molar-refractivity contribution in [2.75, 3.05) is 6.61 Å². The van der Waals surface area contributed by atoms with Crippen LogP contribution in [0.15, 0.2) is 39.5 Å². The summed E-state index contributed by atoms with van der Waals surface area (Å²) in [7, 11) is 0. The van der Waals surface area contributed by atoms with Gasteiger partial charge in [0.2, 0.25) is 0 Å². The third kappa shape index (κ3) is 4.72. The molecule has 7 heteroatoms. The Morgan fingerprint density at radius 2 is 2.00 bits per heavy atom. The Labute approximate surface area is 126 Å². The first-order valence-corrected chi connectivity index (χ1v) is 7.37. The number of hydrogen-bond acceptors (Lipinski definition) is 3. The van der Waals surface area contributed by atoms with Crippen molar-refractivity contribution in [3.63, 3.8) is 0 Å². The second kappa shape index (κ2) is 6.49. The Hall–Kier alpha value is -1.21. The topological polar surface area (TPSA) is 18.5 Å². The maximum atomic E-state index is 12.1. The highest BCUT2D eigenvalue weighted by Gasteiger charge is 2.31. The number of benzene rings is 1. The first-order chi connectivity index (χ1) is 9.44. The van der Waals surface area contributed by atoms with Gasteiger partial charge in [-0.2, -0.15) is 11.3 Å². The molecule has 1 heterocycles. The van der Waals surface area contributed by atoms with Crippen LogP contribution in [-0.2, 0) is 6.42 Å². The van der Waals surface area contributed by atoms with E-state index in [0.717, 1.165) is 6.42 Å². The highest BCUT2D eigenvalue weighted by atomic mass is 79.9. The number of thiophene rings is 1. The van der Waals surface area contributed by atoms with Gasteiger partial charge >= 0.3 is 6.36 Å². The van der Waals surface area contributed by atoms with Crippen LogP contribution in [0.2, 0.25) is 0 Å². The molecule has 0 radical (unpaired) electrons. The van der Waals surface area contributed by atoms with Crippen LogP contribution < -0.4 is 9.47 Å². The Kier molecular flexibility index (Phi) is 4.93. The maximum Gasteiger partial charge on any atom is 0.573 e. The first-order valence-electron chi connectivity index (χ1n) is 5.63. The smallest absolute Gasteiger partial charge is 0.493 e. The predicted octanol–water partition coefficient (Wildman–Crippen LogP) is 5.03. The van der Waals surface area contributed by atoms with Gasteiger partial charge in [-0.15, -0.1) is 13.2 Å². The van der Waals surface area contributed by atoms with Crippen molar-refractivity contribution in [1.82, 2.24) is 0 Å². The van der Waals surface area contributed by atoms with Gasteiger partial charge in [0.05, 0.1) is 11.1 Å². The minimum absolute atomic E-state index is 0.197. The van der Waals surface area contributed by atoms with Crippen molar-refractivity contribution in [3.8, 4) is 11.5 Å². The lowest BCUT2D eigenvalue weighted by molar-refractivity contribution is -0.274. The molecule has 1 aromatic carbocycles. The van der Waals surface area contributed by atoms with Gasteiger partial charge in [0, 0.05) is 6.42 Å². The molecule has 0 atom stereocenters. The summed E-state index contributed by atoms with van der Waals surface area (Å²) >= 11 is 4.64. The summed E-state index contributed by atoms with van der Waals surface area (Å²) in [5, 5.41) is 4.01. The summed E-state index contributed by atoms with van der Waals surface area (Å²) in [5.74, 6) is 0.198. The van der Waals surface area contributed by atoms with E-state index in [1.807, 2.05) is 16.8 Å². The number of halogens is 4. The SMILES string of the molecule is FC(F)(F)Oc1ccc(OCCc2ccsc2)cc1Br. The molecule has 2 aromatic rings. The van der Waals surface area contributed by atoms with Crippen LogP contribution in [0.25, 0.3) is 0 Å². The van der Waals surface area contributed by atoms with Gasteiger partial charge in [-0.1, -0.05) is 0 Å². The quantitative estimate of drug-likeness (QED) is 0.738. The van der Waals surface area contributed by atoms with Crippen LogP contribution >= 0.6 is 27.3 Å². The zero-order valence-corrected chi connectivity index (χ0v) is 12.5. The van der Waals surface area contributed by atoms with Gasteiger partial charge in [-0.25, -0.2) is 0 Å². The van der Waals surface area contributed by atoms with Gasteiger partial charge in [0.25, 0.3) is 0 Å². The predicted molar refractivity (Wildman–Crippen MR) is 74.3 cm³/mol. The van der Waals surface area contributed by atoms with Crippen molar-refractivity contribution in [3.05, 3.63) is 45.1 Å². The van der Waals surface area contributed by atoms with Crippen LogP contribution in [0.5, 0.6) is 11.5 Å². The summed E-state index contributed by atoms with van der Waals surface area (Å²) in [5.41, 5.74) is 1.17. The van der Waals surface area contributed by atoms with Crippen LogP contribution in [0.4, 0.5) is 13.2 Å². The minimum Gasteiger partial charge on any atom is -0.493 e. The summed E-state index contributed by atoms with van der Waals surface area (Å²) in [6, 6.07) is 6.12. The Balaban J connectivity index is 1.91. The van der Waals surface area contributed by atoms with Crippen molar-refractivity contribution in [1.29, 1.82) is 0 Å². The average Bonchev–Trinajstić information content (AvgIpc) is 2.84. The van der Waals surface area contributed by atoms with E-state index < -0.39 is 6.36 Å². The second-order valence-electron chi connectivity index (χ2n) is 3.87. The number of hydrogen-bond donors (Lipinski definition) is 0. The zero-order valence-electron chi connectivity index (χ0n) is 10.1. The van der Waals surface area contributed by atoms with Crippen molar-refractivity contribution in [2.24, 2.45) is 0 Å². The molecule has 20 heavy (non-hydrogen) atoms. The van der Waals surface area contributed by atoms with Crippen LogP contribution in [-0.4, -0.2) is 13.0 Å². The van der Waals surface area contributed by atoms with Gasteiger partial charge in [0.15, 0.2) is 0 Å². The molecule has 0 aliphatic carbocycles. The largest absolute Gasteiger partial charge is 0.573 e. The van der Waals surface area contributed by atoms with Crippen molar-refractivity contribution >= 4 is 27.3 Å². The number of alkyl halides is 3. The average molecular weight is 367 g/mol. The number of ether oxygens (including phenoxy) is 2. The standard InChI is InChI=1S/C13H10BrF3O2S/c14-11-7-10(1-2-12(11)19-13(15,16)17)18-5-3-9-4-6-20-8-9/h1-2,4,6-8H,3,5H2. The van der Waals surface area contributed by atoms with E-state index in [1.54, 1.807) is 11.3 Å². The van der Waals surface area contributed by atoms with Gasteiger partial charge < -0.3 is 9.47 Å². The third-order valence-corrected chi connectivity index (χ3v) is 3.72. The fraction of sp³-hybridized carbons (Fsp3) is 0.231.